The van der Waals surface area contributed by atoms with Crippen LogP contribution in [0.5, 0.6) is 5.75 Å². The third-order valence-corrected chi connectivity index (χ3v) is 5.11. The molecule has 0 bridgehead atoms. The van der Waals surface area contributed by atoms with Crippen LogP contribution in [0.15, 0.2) is 12.3 Å². The predicted molar refractivity (Wildman–Crippen MR) is 88.6 cm³/mol. The Kier molecular flexibility index (Phi) is 4.32. The van der Waals surface area contributed by atoms with Gasteiger partial charge < -0.3 is 9.84 Å². The molecule has 0 aromatic carbocycles. The van der Waals surface area contributed by atoms with E-state index >= 15 is 0 Å². The number of fused-ring (bicyclic) bond motifs is 1. The SMILES string of the molecule is CCCOc1cnc2c(c1)CCC(=O)N2C1CC(O)(C(C)C)C1. The van der Waals surface area contributed by atoms with Crippen LogP contribution < -0.4 is 9.64 Å². The molecular formula is C18H26N2O3. The number of nitrogens with zero attached hydrogens (tertiary/aromatic N) is 2. The summed E-state index contributed by atoms with van der Waals surface area (Å²) in [7, 11) is 0. The summed E-state index contributed by atoms with van der Waals surface area (Å²) in [6.45, 7) is 6.79. The first-order valence-corrected chi connectivity index (χ1v) is 8.60. The zero-order valence-corrected chi connectivity index (χ0v) is 14.2. The number of amides is 1. The number of aliphatic hydroxyl groups is 1. The molecule has 1 aromatic rings. The zero-order chi connectivity index (χ0) is 16.6. The van der Waals surface area contributed by atoms with Crippen molar-refractivity contribution in [2.75, 3.05) is 11.5 Å². The summed E-state index contributed by atoms with van der Waals surface area (Å²) in [5.74, 6) is 1.84. The van der Waals surface area contributed by atoms with Crippen LogP contribution in [-0.4, -0.2) is 34.2 Å². The largest absolute Gasteiger partial charge is 0.492 e. The lowest BCUT2D eigenvalue weighted by Gasteiger charge is -2.51. The summed E-state index contributed by atoms with van der Waals surface area (Å²) >= 11 is 0. The molecule has 5 nitrogen and oxygen atoms in total. The number of carbonyl (C=O) groups is 1. The van der Waals surface area contributed by atoms with Gasteiger partial charge in [-0.3, -0.25) is 9.69 Å². The summed E-state index contributed by atoms with van der Waals surface area (Å²) in [5.41, 5.74) is 0.422. The van der Waals surface area contributed by atoms with Crippen molar-refractivity contribution in [3.63, 3.8) is 0 Å². The smallest absolute Gasteiger partial charge is 0.228 e. The van der Waals surface area contributed by atoms with Gasteiger partial charge in [0.05, 0.1) is 18.4 Å². The molecule has 1 aliphatic carbocycles. The molecule has 23 heavy (non-hydrogen) atoms. The lowest BCUT2D eigenvalue weighted by molar-refractivity contribution is -0.124. The average molecular weight is 318 g/mol. The van der Waals surface area contributed by atoms with Gasteiger partial charge in [-0.1, -0.05) is 20.8 Å². The van der Waals surface area contributed by atoms with Gasteiger partial charge in [-0.2, -0.15) is 0 Å². The molecule has 1 aromatic heterocycles. The standard InChI is InChI=1S/C18H26N2O3/c1-4-7-23-15-8-13-5-6-16(21)20(17(13)19-11-15)14-9-18(22,10-14)12(2)3/h8,11-12,14,22H,4-7,9-10H2,1-3H3. The molecule has 0 radical (unpaired) electrons. The predicted octanol–water partition coefficient (Wildman–Crippen LogP) is 2.70. The van der Waals surface area contributed by atoms with Crippen molar-refractivity contribution in [2.24, 2.45) is 5.92 Å². The normalized spacial score (nSPS) is 26.9. The number of ether oxygens (including phenoxy) is 1. The Balaban J connectivity index is 1.80. The lowest BCUT2D eigenvalue weighted by Crippen LogP contribution is -2.60. The number of aryl methyl sites for hydroxylation is 1. The van der Waals surface area contributed by atoms with Crippen molar-refractivity contribution in [1.29, 1.82) is 0 Å². The average Bonchev–Trinajstić information content (AvgIpc) is 2.50. The van der Waals surface area contributed by atoms with Gasteiger partial charge in [0.25, 0.3) is 0 Å². The maximum Gasteiger partial charge on any atom is 0.228 e. The van der Waals surface area contributed by atoms with Crippen molar-refractivity contribution >= 4 is 11.7 Å². The van der Waals surface area contributed by atoms with Gasteiger partial charge in [0.2, 0.25) is 5.91 Å². The van der Waals surface area contributed by atoms with E-state index in [2.05, 4.69) is 11.9 Å². The van der Waals surface area contributed by atoms with E-state index in [1.54, 1.807) is 11.1 Å². The quantitative estimate of drug-likeness (QED) is 0.906. The van der Waals surface area contributed by atoms with E-state index in [-0.39, 0.29) is 17.9 Å². The molecule has 1 amide bonds. The molecule has 1 fully saturated rings. The highest BCUT2D eigenvalue weighted by molar-refractivity contribution is 5.96. The third-order valence-electron chi connectivity index (χ3n) is 5.11. The van der Waals surface area contributed by atoms with Gasteiger partial charge in [-0.15, -0.1) is 0 Å². The molecule has 2 aliphatic rings. The Morgan fingerprint density at radius 2 is 2.17 bits per heavy atom. The maximum absolute atomic E-state index is 12.4. The van der Waals surface area contributed by atoms with Crippen molar-refractivity contribution < 1.29 is 14.6 Å². The number of anilines is 1. The van der Waals surface area contributed by atoms with Gasteiger partial charge >= 0.3 is 0 Å². The first-order chi connectivity index (χ1) is 10.9. The van der Waals surface area contributed by atoms with E-state index in [4.69, 9.17) is 4.74 Å². The highest BCUT2D eigenvalue weighted by Gasteiger charge is 2.49. The molecule has 2 heterocycles. The van der Waals surface area contributed by atoms with Crippen LogP contribution in [0.2, 0.25) is 0 Å². The molecule has 0 saturated heterocycles. The Bertz CT molecular complexity index is 594. The molecule has 126 valence electrons. The van der Waals surface area contributed by atoms with E-state index in [0.29, 0.717) is 32.3 Å². The fourth-order valence-electron chi connectivity index (χ4n) is 3.45. The number of hydrogen-bond donors (Lipinski definition) is 1. The fraction of sp³-hybridized carbons (Fsp3) is 0.667. The minimum atomic E-state index is -0.646. The van der Waals surface area contributed by atoms with Crippen LogP contribution >= 0.6 is 0 Å². The molecule has 0 unspecified atom stereocenters. The Morgan fingerprint density at radius 1 is 1.43 bits per heavy atom. The maximum atomic E-state index is 12.4. The molecule has 1 N–H and O–H groups in total. The summed E-state index contributed by atoms with van der Waals surface area (Å²) < 4.78 is 5.64. The van der Waals surface area contributed by atoms with Crippen molar-refractivity contribution in [3.05, 3.63) is 17.8 Å². The lowest BCUT2D eigenvalue weighted by atomic mass is 9.68. The molecule has 1 aliphatic heterocycles. The first-order valence-electron chi connectivity index (χ1n) is 8.60. The molecule has 0 atom stereocenters. The van der Waals surface area contributed by atoms with E-state index in [1.807, 2.05) is 19.9 Å². The summed E-state index contributed by atoms with van der Waals surface area (Å²) in [5, 5.41) is 10.5. The second-order valence-corrected chi connectivity index (χ2v) is 7.09. The van der Waals surface area contributed by atoms with Crippen LogP contribution in [0.25, 0.3) is 0 Å². The number of hydrogen-bond acceptors (Lipinski definition) is 4. The van der Waals surface area contributed by atoms with E-state index in [1.165, 1.54) is 0 Å². The van der Waals surface area contributed by atoms with Crippen molar-refractivity contribution in [3.8, 4) is 5.75 Å². The monoisotopic (exact) mass is 318 g/mol. The van der Waals surface area contributed by atoms with E-state index in [0.717, 1.165) is 23.6 Å². The first kappa shape index (κ1) is 16.2. The molecule has 1 saturated carbocycles. The highest BCUT2D eigenvalue weighted by Crippen LogP contribution is 2.44. The van der Waals surface area contributed by atoms with Crippen LogP contribution in [-0.2, 0) is 11.2 Å². The zero-order valence-electron chi connectivity index (χ0n) is 14.2. The summed E-state index contributed by atoms with van der Waals surface area (Å²) in [6, 6.07) is 2.06. The Labute approximate surface area is 137 Å². The number of aromatic nitrogens is 1. The van der Waals surface area contributed by atoms with E-state index in [9.17, 15) is 9.90 Å². The van der Waals surface area contributed by atoms with Crippen LogP contribution in [0.3, 0.4) is 0 Å². The number of carbonyl (C=O) groups excluding carboxylic acids is 1. The molecule has 0 spiro atoms. The second-order valence-electron chi connectivity index (χ2n) is 7.09. The Morgan fingerprint density at radius 3 is 2.83 bits per heavy atom. The van der Waals surface area contributed by atoms with E-state index < -0.39 is 5.60 Å². The van der Waals surface area contributed by atoms with Gasteiger partial charge in [0.15, 0.2) is 0 Å². The Hall–Kier alpha value is -1.62. The van der Waals surface area contributed by atoms with Gasteiger partial charge in [-0.25, -0.2) is 4.98 Å². The van der Waals surface area contributed by atoms with Gasteiger partial charge in [-0.05, 0) is 43.2 Å². The van der Waals surface area contributed by atoms with Crippen LogP contribution in [0.1, 0.15) is 52.0 Å². The fourth-order valence-corrected chi connectivity index (χ4v) is 3.45. The van der Waals surface area contributed by atoms with Gasteiger partial charge in [0, 0.05) is 12.5 Å². The molecular weight excluding hydrogens is 292 g/mol. The molecule has 5 heteroatoms. The third kappa shape index (κ3) is 2.94. The minimum Gasteiger partial charge on any atom is -0.492 e. The summed E-state index contributed by atoms with van der Waals surface area (Å²) in [4.78, 5) is 18.7. The summed E-state index contributed by atoms with van der Waals surface area (Å²) in [6.07, 6.45) is 5.13. The minimum absolute atomic E-state index is 0.0591. The number of pyridine rings is 1. The number of rotatable bonds is 5. The topological polar surface area (TPSA) is 62.7 Å². The molecule has 3 rings (SSSR count). The van der Waals surface area contributed by atoms with Gasteiger partial charge in [0.1, 0.15) is 11.6 Å². The van der Waals surface area contributed by atoms with Crippen molar-refractivity contribution in [2.45, 2.75) is 64.5 Å². The van der Waals surface area contributed by atoms with Crippen LogP contribution in [0.4, 0.5) is 5.82 Å². The van der Waals surface area contributed by atoms with Crippen LogP contribution in [0, 0.1) is 5.92 Å². The highest BCUT2D eigenvalue weighted by atomic mass is 16.5. The van der Waals surface area contributed by atoms with Crippen molar-refractivity contribution in [1.82, 2.24) is 4.98 Å². The second kappa shape index (κ2) is 6.11.